The van der Waals surface area contributed by atoms with Crippen LogP contribution in [0.15, 0.2) is 82.8 Å². The van der Waals surface area contributed by atoms with Gasteiger partial charge in [0.1, 0.15) is 12.4 Å². The first-order valence-corrected chi connectivity index (χ1v) is 14.1. The van der Waals surface area contributed by atoms with Gasteiger partial charge in [0, 0.05) is 23.0 Å². The summed E-state index contributed by atoms with van der Waals surface area (Å²) in [5.41, 5.74) is 6.07. The Bertz CT molecular complexity index is 1700. The van der Waals surface area contributed by atoms with Crippen molar-refractivity contribution in [1.82, 2.24) is 9.99 Å². The van der Waals surface area contributed by atoms with Crippen LogP contribution in [-0.4, -0.2) is 45.9 Å². The number of benzene rings is 3. The van der Waals surface area contributed by atoms with Crippen molar-refractivity contribution >= 4 is 27.8 Å². The van der Waals surface area contributed by atoms with E-state index in [0.717, 1.165) is 21.3 Å². The number of ether oxygens (including phenoxy) is 2. The Morgan fingerprint density at radius 2 is 1.66 bits per heavy atom. The molecule has 11 heteroatoms. The van der Waals surface area contributed by atoms with Gasteiger partial charge in [0.2, 0.25) is 0 Å². The van der Waals surface area contributed by atoms with Crippen molar-refractivity contribution in [1.29, 1.82) is 0 Å². The lowest BCUT2D eigenvalue weighted by Crippen LogP contribution is -2.39. The van der Waals surface area contributed by atoms with Gasteiger partial charge in [-0.2, -0.15) is 5.10 Å². The SMILES string of the molecule is COc1ccc(N(CC(=O)N/N=C/c2cc(C)n(-c3ccccc3F)c2C)S(=O)(=O)c2ccc(C)cc2)cc1OC. The number of hydrogen-bond donors (Lipinski definition) is 1. The molecule has 41 heavy (non-hydrogen) atoms. The average molecular weight is 579 g/mol. The van der Waals surface area contributed by atoms with Crippen LogP contribution in [0.4, 0.5) is 10.1 Å². The minimum absolute atomic E-state index is 0.0229. The molecule has 0 bridgehead atoms. The van der Waals surface area contributed by atoms with Gasteiger partial charge < -0.3 is 14.0 Å². The smallest absolute Gasteiger partial charge is 0.264 e. The van der Waals surface area contributed by atoms with E-state index >= 15 is 0 Å². The molecule has 1 aromatic heterocycles. The number of carbonyl (C=O) groups is 1. The van der Waals surface area contributed by atoms with Crippen LogP contribution in [0.5, 0.6) is 11.5 Å². The van der Waals surface area contributed by atoms with Gasteiger partial charge >= 0.3 is 0 Å². The number of sulfonamides is 1. The molecule has 0 aliphatic carbocycles. The van der Waals surface area contributed by atoms with Crippen molar-refractivity contribution in [3.63, 3.8) is 0 Å². The predicted octanol–water partition coefficient (Wildman–Crippen LogP) is 4.90. The van der Waals surface area contributed by atoms with Gasteiger partial charge in [-0.05, 0) is 63.2 Å². The third kappa shape index (κ3) is 6.25. The molecule has 0 unspecified atom stereocenters. The molecule has 0 fully saturated rings. The summed E-state index contributed by atoms with van der Waals surface area (Å²) < 4.78 is 55.1. The molecular formula is C30H31FN4O5S. The number of aryl methyl sites for hydroxylation is 2. The highest BCUT2D eigenvalue weighted by molar-refractivity contribution is 7.92. The first-order chi connectivity index (χ1) is 19.6. The molecule has 9 nitrogen and oxygen atoms in total. The van der Waals surface area contributed by atoms with E-state index in [1.165, 1.54) is 50.8 Å². The highest BCUT2D eigenvalue weighted by atomic mass is 32.2. The zero-order valence-electron chi connectivity index (χ0n) is 23.4. The summed E-state index contributed by atoms with van der Waals surface area (Å²) in [4.78, 5) is 13.0. The first-order valence-electron chi connectivity index (χ1n) is 12.6. The third-order valence-electron chi connectivity index (χ3n) is 6.51. The number of anilines is 1. The second kappa shape index (κ2) is 12.3. The van der Waals surface area contributed by atoms with Crippen LogP contribution in [-0.2, 0) is 14.8 Å². The molecule has 0 atom stereocenters. The lowest BCUT2D eigenvalue weighted by atomic mass is 10.2. The van der Waals surface area contributed by atoms with E-state index in [-0.39, 0.29) is 16.4 Å². The van der Waals surface area contributed by atoms with E-state index in [2.05, 4.69) is 10.5 Å². The van der Waals surface area contributed by atoms with Gasteiger partial charge in [-0.25, -0.2) is 18.2 Å². The zero-order valence-corrected chi connectivity index (χ0v) is 24.2. The molecule has 0 spiro atoms. The fraction of sp³-hybridized carbons (Fsp3) is 0.200. The van der Waals surface area contributed by atoms with Crippen LogP contribution in [0.3, 0.4) is 0 Å². The van der Waals surface area contributed by atoms with Crippen molar-refractivity contribution in [3.05, 3.63) is 101 Å². The molecule has 0 saturated carbocycles. The Morgan fingerprint density at radius 1 is 0.976 bits per heavy atom. The molecule has 1 N–H and O–H groups in total. The van der Waals surface area contributed by atoms with E-state index in [0.29, 0.717) is 22.7 Å². The number of nitrogens with one attached hydrogen (secondary N) is 1. The number of hydrazone groups is 1. The Hall–Kier alpha value is -4.64. The molecule has 4 aromatic rings. The monoisotopic (exact) mass is 578 g/mol. The van der Waals surface area contributed by atoms with Gasteiger partial charge in [0.15, 0.2) is 11.5 Å². The number of carbonyl (C=O) groups excluding carboxylic acids is 1. The lowest BCUT2D eigenvalue weighted by Gasteiger charge is -2.24. The Balaban J connectivity index is 1.60. The highest BCUT2D eigenvalue weighted by Crippen LogP contribution is 2.33. The standard InChI is InChI=1S/C30H31FN4O5S/c1-20-10-13-25(14-11-20)41(37,38)34(24-12-15-28(39-4)29(17-24)40-5)19-30(36)33-32-18-23-16-21(2)35(22(23)3)27-9-7-6-8-26(27)31/h6-18H,19H2,1-5H3,(H,33,36)/b32-18+. The number of halogens is 1. The number of methoxy groups -OCH3 is 2. The van der Waals surface area contributed by atoms with Crippen molar-refractivity contribution in [2.24, 2.45) is 5.10 Å². The molecule has 4 rings (SSSR count). The summed E-state index contributed by atoms with van der Waals surface area (Å²) in [5.74, 6) is -0.325. The molecule has 1 amide bonds. The molecule has 0 radical (unpaired) electrons. The van der Waals surface area contributed by atoms with E-state index < -0.39 is 22.5 Å². The maximum Gasteiger partial charge on any atom is 0.264 e. The van der Waals surface area contributed by atoms with Crippen molar-refractivity contribution in [3.8, 4) is 17.2 Å². The summed E-state index contributed by atoms with van der Waals surface area (Å²) >= 11 is 0. The summed E-state index contributed by atoms with van der Waals surface area (Å²) in [6.07, 6.45) is 1.44. The van der Waals surface area contributed by atoms with E-state index in [1.807, 2.05) is 26.8 Å². The molecule has 214 valence electrons. The molecule has 0 aliphatic heterocycles. The number of aromatic nitrogens is 1. The number of nitrogens with zero attached hydrogens (tertiary/aromatic N) is 3. The van der Waals surface area contributed by atoms with E-state index in [1.54, 1.807) is 41.0 Å². The van der Waals surface area contributed by atoms with Gasteiger partial charge in [0.05, 0.1) is 36.7 Å². The van der Waals surface area contributed by atoms with Crippen LogP contribution >= 0.6 is 0 Å². The van der Waals surface area contributed by atoms with E-state index in [4.69, 9.17) is 9.47 Å². The van der Waals surface area contributed by atoms with E-state index in [9.17, 15) is 17.6 Å². The Labute approximate surface area is 238 Å². The summed E-state index contributed by atoms with van der Waals surface area (Å²) in [5, 5.41) is 4.05. The predicted molar refractivity (Wildman–Crippen MR) is 156 cm³/mol. The second-order valence-electron chi connectivity index (χ2n) is 9.27. The minimum atomic E-state index is -4.15. The maximum absolute atomic E-state index is 14.4. The second-order valence-corrected chi connectivity index (χ2v) is 11.1. The van der Waals surface area contributed by atoms with Gasteiger partial charge in [-0.1, -0.05) is 29.8 Å². The fourth-order valence-corrected chi connectivity index (χ4v) is 5.81. The van der Waals surface area contributed by atoms with Gasteiger partial charge in [-0.3, -0.25) is 9.10 Å². The molecule has 0 saturated heterocycles. The Morgan fingerprint density at radius 3 is 2.32 bits per heavy atom. The lowest BCUT2D eigenvalue weighted by molar-refractivity contribution is -0.119. The third-order valence-corrected chi connectivity index (χ3v) is 8.30. The largest absolute Gasteiger partial charge is 0.493 e. The van der Waals surface area contributed by atoms with Crippen LogP contribution in [0, 0.1) is 26.6 Å². The van der Waals surface area contributed by atoms with Crippen LogP contribution in [0.2, 0.25) is 0 Å². The highest BCUT2D eigenvalue weighted by Gasteiger charge is 2.28. The fourth-order valence-electron chi connectivity index (χ4n) is 4.39. The van der Waals surface area contributed by atoms with Gasteiger partial charge in [-0.15, -0.1) is 0 Å². The molecular weight excluding hydrogens is 547 g/mol. The summed E-state index contributed by atoms with van der Waals surface area (Å²) in [6.45, 7) is 4.95. The van der Waals surface area contributed by atoms with Gasteiger partial charge in [0.25, 0.3) is 15.9 Å². The Kier molecular flexibility index (Phi) is 8.77. The normalized spacial score (nSPS) is 11.5. The van der Waals surface area contributed by atoms with Crippen molar-refractivity contribution in [2.75, 3.05) is 25.1 Å². The van der Waals surface area contributed by atoms with Crippen molar-refractivity contribution in [2.45, 2.75) is 25.7 Å². The molecule has 3 aromatic carbocycles. The topological polar surface area (TPSA) is 102 Å². The van der Waals surface area contributed by atoms with Crippen LogP contribution in [0.25, 0.3) is 5.69 Å². The number of hydrogen-bond acceptors (Lipinski definition) is 6. The number of para-hydroxylation sites is 1. The van der Waals surface area contributed by atoms with Crippen LogP contribution < -0.4 is 19.2 Å². The quantitative estimate of drug-likeness (QED) is 0.213. The van der Waals surface area contributed by atoms with Crippen LogP contribution in [0.1, 0.15) is 22.5 Å². The number of amides is 1. The van der Waals surface area contributed by atoms with Crippen molar-refractivity contribution < 1.29 is 27.1 Å². The zero-order chi connectivity index (χ0) is 29.7. The minimum Gasteiger partial charge on any atom is -0.493 e. The average Bonchev–Trinajstić information content (AvgIpc) is 3.24. The summed E-state index contributed by atoms with van der Waals surface area (Å²) in [6, 6.07) is 19.2. The maximum atomic E-state index is 14.4. The molecule has 0 aliphatic rings. The first kappa shape index (κ1) is 29.3. The summed E-state index contributed by atoms with van der Waals surface area (Å²) in [7, 11) is -1.24. The number of rotatable bonds is 10. The molecule has 1 heterocycles.